The number of hydrogen-bond donors (Lipinski definition) is 1. The zero-order valence-corrected chi connectivity index (χ0v) is 16.8. The number of halogens is 3. The van der Waals surface area contributed by atoms with Crippen LogP contribution in [-0.2, 0) is 10.0 Å². The van der Waals surface area contributed by atoms with E-state index in [0.717, 1.165) is 10.6 Å². The van der Waals surface area contributed by atoms with Crippen molar-refractivity contribution < 1.29 is 31.1 Å². The van der Waals surface area contributed by atoms with Gasteiger partial charge in [-0.3, -0.25) is 4.79 Å². The highest BCUT2D eigenvalue weighted by Crippen LogP contribution is 2.42. The normalized spacial score (nSPS) is 17.0. The molecule has 0 fully saturated rings. The van der Waals surface area contributed by atoms with Crippen molar-refractivity contribution >= 4 is 44.2 Å². The van der Waals surface area contributed by atoms with Crippen LogP contribution in [0, 0.1) is 0 Å². The van der Waals surface area contributed by atoms with Crippen molar-refractivity contribution in [1.82, 2.24) is 0 Å². The number of alkyl halides is 3. The molecule has 2 aromatic carbocycles. The molecule has 0 aliphatic carbocycles. The summed E-state index contributed by atoms with van der Waals surface area (Å²) in [4.78, 5) is 15.0. The van der Waals surface area contributed by atoms with Crippen LogP contribution in [0.5, 0.6) is 5.75 Å². The maximum absolute atomic E-state index is 12.5. The lowest BCUT2D eigenvalue weighted by atomic mass is 10.1. The third kappa shape index (κ3) is 4.54. The molecular weight excluding hydrogens is 443 g/mol. The number of rotatable bonds is 4. The van der Waals surface area contributed by atoms with Gasteiger partial charge in [-0.2, -0.15) is 13.2 Å². The minimum absolute atomic E-state index is 0.0339. The molecule has 158 valence electrons. The van der Waals surface area contributed by atoms with Gasteiger partial charge < -0.3 is 15.0 Å². The zero-order valence-electron chi connectivity index (χ0n) is 15.1. The number of benzene rings is 2. The Morgan fingerprint density at radius 2 is 1.93 bits per heavy atom. The van der Waals surface area contributed by atoms with Gasteiger partial charge in [0.25, 0.3) is 15.9 Å². The van der Waals surface area contributed by atoms with E-state index in [1.54, 1.807) is 23.1 Å². The Labute approximate surface area is 174 Å². The molecule has 0 bridgehead atoms. The fourth-order valence-corrected chi connectivity index (χ4v) is 5.17. The number of carbonyl (C=O) groups is 1. The Morgan fingerprint density at radius 1 is 1.20 bits per heavy atom. The number of anilines is 2. The largest absolute Gasteiger partial charge is 0.484 e. The van der Waals surface area contributed by atoms with Crippen molar-refractivity contribution in [2.24, 2.45) is 4.40 Å². The van der Waals surface area contributed by atoms with Crippen LogP contribution in [0.3, 0.4) is 0 Å². The molecular formula is C18H14F3N3O4S2. The fraction of sp³-hybridized carbons (Fsp3) is 0.222. The molecule has 30 heavy (non-hydrogen) atoms. The standard InChI is InChI=1S/C18H14F3N3O4S2/c19-18(20,21)10-28-13-4-2-12(3-5-13)22-16(25)11-1-6-14-15(9-11)29-17-23-30(26,27)8-7-24(14)17/h1-6,9H,7-8,10H2,(H,22,25). The molecule has 2 heterocycles. The second-order valence-electron chi connectivity index (χ2n) is 6.48. The van der Waals surface area contributed by atoms with Crippen molar-refractivity contribution in [2.45, 2.75) is 11.1 Å². The Kier molecular flexibility index (Phi) is 5.14. The van der Waals surface area contributed by atoms with Crippen molar-refractivity contribution in [1.29, 1.82) is 0 Å². The molecule has 7 nitrogen and oxygen atoms in total. The van der Waals surface area contributed by atoms with Crippen LogP contribution in [0.25, 0.3) is 0 Å². The summed E-state index contributed by atoms with van der Waals surface area (Å²) in [6.07, 6.45) is -4.43. The molecule has 2 aromatic rings. The van der Waals surface area contributed by atoms with E-state index in [4.69, 9.17) is 0 Å². The topological polar surface area (TPSA) is 88.1 Å². The Hall–Kier alpha value is -2.73. The van der Waals surface area contributed by atoms with Crippen LogP contribution < -0.4 is 15.0 Å². The van der Waals surface area contributed by atoms with Crippen LogP contribution in [-0.4, -0.2) is 44.6 Å². The third-order valence-electron chi connectivity index (χ3n) is 4.25. The highest BCUT2D eigenvalue weighted by molar-refractivity contribution is 8.15. The highest BCUT2D eigenvalue weighted by atomic mass is 32.2. The van der Waals surface area contributed by atoms with Crippen molar-refractivity contribution in [2.75, 3.05) is 29.1 Å². The minimum Gasteiger partial charge on any atom is -0.484 e. The number of carbonyl (C=O) groups excluding carboxylic acids is 1. The lowest BCUT2D eigenvalue weighted by molar-refractivity contribution is -0.153. The average molecular weight is 457 g/mol. The molecule has 2 aliphatic rings. The van der Waals surface area contributed by atoms with E-state index in [9.17, 15) is 26.4 Å². The number of amidine groups is 1. The lowest BCUT2D eigenvalue weighted by Crippen LogP contribution is -2.35. The number of ether oxygens (including phenoxy) is 1. The summed E-state index contributed by atoms with van der Waals surface area (Å²) in [7, 11) is -3.46. The monoisotopic (exact) mass is 457 g/mol. The van der Waals surface area contributed by atoms with Gasteiger partial charge in [-0.1, -0.05) is 0 Å². The smallest absolute Gasteiger partial charge is 0.422 e. The number of nitrogens with zero attached hydrogens (tertiary/aromatic N) is 2. The molecule has 12 heteroatoms. The number of thioether (sulfide) groups is 1. The van der Waals surface area contributed by atoms with Crippen LogP contribution in [0.15, 0.2) is 51.8 Å². The number of sulfonamides is 1. The molecule has 0 saturated heterocycles. The predicted octanol–water partition coefficient (Wildman–Crippen LogP) is 3.49. The summed E-state index contributed by atoms with van der Waals surface area (Å²) in [5, 5.41) is 3.02. The quantitative estimate of drug-likeness (QED) is 0.756. The van der Waals surface area contributed by atoms with Gasteiger partial charge >= 0.3 is 6.18 Å². The molecule has 2 aliphatic heterocycles. The molecule has 1 amide bonds. The van der Waals surface area contributed by atoms with E-state index >= 15 is 0 Å². The van der Waals surface area contributed by atoms with Gasteiger partial charge in [-0.15, -0.1) is 4.40 Å². The second kappa shape index (κ2) is 7.51. The Bertz CT molecular complexity index is 1130. The number of nitrogens with one attached hydrogen (secondary N) is 1. The van der Waals surface area contributed by atoms with Crippen molar-refractivity contribution in [3.8, 4) is 5.75 Å². The first-order valence-electron chi connectivity index (χ1n) is 8.63. The highest BCUT2D eigenvalue weighted by Gasteiger charge is 2.33. The number of hydrogen-bond acceptors (Lipinski definition) is 6. The van der Waals surface area contributed by atoms with Gasteiger partial charge in [0.2, 0.25) is 0 Å². The van der Waals surface area contributed by atoms with Crippen molar-refractivity contribution in [3.05, 3.63) is 48.0 Å². The summed E-state index contributed by atoms with van der Waals surface area (Å²) in [6.45, 7) is -1.09. The SMILES string of the molecule is O=C(Nc1ccc(OCC(F)(F)F)cc1)c1ccc2c(c1)SC1=NS(=O)(=O)CCN12. The van der Waals surface area contributed by atoms with Gasteiger partial charge in [0.15, 0.2) is 11.8 Å². The molecule has 0 aromatic heterocycles. The predicted molar refractivity (Wildman–Crippen MR) is 107 cm³/mol. The van der Waals surface area contributed by atoms with E-state index in [1.807, 2.05) is 0 Å². The summed E-state index contributed by atoms with van der Waals surface area (Å²) < 4.78 is 68.3. The second-order valence-corrected chi connectivity index (χ2v) is 9.24. The summed E-state index contributed by atoms with van der Waals surface area (Å²) in [5.41, 5.74) is 1.53. The van der Waals surface area contributed by atoms with E-state index in [0.29, 0.717) is 23.0 Å². The summed E-state index contributed by atoms with van der Waals surface area (Å²) in [6, 6.07) is 10.5. The third-order valence-corrected chi connectivity index (χ3v) is 6.56. The molecule has 0 saturated carbocycles. The van der Waals surface area contributed by atoms with E-state index in [1.165, 1.54) is 36.0 Å². The van der Waals surface area contributed by atoms with Crippen LogP contribution in [0.4, 0.5) is 24.5 Å². The van der Waals surface area contributed by atoms with E-state index in [-0.39, 0.29) is 11.5 Å². The number of amides is 1. The Balaban J connectivity index is 1.45. The molecule has 0 unspecified atom stereocenters. The fourth-order valence-electron chi connectivity index (χ4n) is 2.87. The maximum Gasteiger partial charge on any atom is 0.422 e. The lowest BCUT2D eigenvalue weighted by Gasteiger charge is -2.22. The molecule has 0 atom stereocenters. The van der Waals surface area contributed by atoms with Crippen LogP contribution in [0.1, 0.15) is 10.4 Å². The first-order valence-corrected chi connectivity index (χ1v) is 11.1. The number of fused-ring (bicyclic) bond motifs is 3. The molecule has 0 spiro atoms. The summed E-state index contributed by atoms with van der Waals surface area (Å²) in [5.74, 6) is -0.449. The zero-order chi connectivity index (χ0) is 21.5. The van der Waals surface area contributed by atoms with E-state index in [2.05, 4.69) is 14.5 Å². The first kappa shape index (κ1) is 20.5. The van der Waals surface area contributed by atoms with Gasteiger partial charge in [-0.05, 0) is 54.2 Å². The van der Waals surface area contributed by atoms with Crippen LogP contribution >= 0.6 is 11.8 Å². The van der Waals surface area contributed by atoms with Crippen molar-refractivity contribution in [3.63, 3.8) is 0 Å². The van der Waals surface area contributed by atoms with Crippen LogP contribution in [0.2, 0.25) is 0 Å². The van der Waals surface area contributed by atoms with Gasteiger partial charge in [0.05, 0.1) is 11.4 Å². The first-order chi connectivity index (χ1) is 14.1. The maximum atomic E-state index is 12.5. The van der Waals surface area contributed by atoms with Gasteiger partial charge in [0.1, 0.15) is 5.75 Å². The summed E-state index contributed by atoms with van der Waals surface area (Å²) >= 11 is 1.18. The van der Waals surface area contributed by atoms with Gasteiger partial charge in [0, 0.05) is 22.7 Å². The molecule has 1 N–H and O–H groups in total. The molecule has 4 rings (SSSR count). The average Bonchev–Trinajstić information content (AvgIpc) is 3.02. The molecule has 0 radical (unpaired) electrons. The Morgan fingerprint density at radius 3 is 2.63 bits per heavy atom. The van der Waals surface area contributed by atoms with E-state index < -0.39 is 28.7 Å². The van der Waals surface area contributed by atoms with Gasteiger partial charge in [-0.25, -0.2) is 8.42 Å². The minimum atomic E-state index is -4.43.